The van der Waals surface area contributed by atoms with E-state index in [0.29, 0.717) is 6.04 Å². The van der Waals surface area contributed by atoms with Crippen LogP contribution in [-0.2, 0) is 9.31 Å². The van der Waals surface area contributed by atoms with Crippen molar-refractivity contribution in [1.82, 2.24) is 5.23 Å². The van der Waals surface area contributed by atoms with Gasteiger partial charge in [0.25, 0.3) is 0 Å². The summed E-state index contributed by atoms with van der Waals surface area (Å²) in [4.78, 5) is 0. The van der Waals surface area contributed by atoms with Crippen LogP contribution < -0.4 is 5.23 Å². The SMILES string of the molecule is CC1(C)OB(NC2CCCC2)OC1(C)C. The van der Waals surface area contributed by atoms with Crippen molar-refractivity contribution < 1.29 is 9.31 Å². The summed E-state index contributed by atoms with van der Waals surface area (Å²) in [5.74, 6) is 0. The van der Waals surface area contributed by atoms with Crippen molar-refractivity contribution in [1.29, 1.82) is 0 Å². The van der Waals surface area contributed by atoms with Gasteiger partial charge in [0.05, 0.1) is 11.2 Å². The van der Waals surface area contributed by atoms with Crippen LogP contribution in [0.2, 0.25) is 0 Å². The van der Waals surface area contributed by atoms with Crippen molar-refractivity contribution in [3.63, 3.8) is 0 Å². The molecular weight excluding hydrogens is 189 g/mol. The molecule has 86 valence electrons. The highest BCUT2D eigenvalue weighted by atomic mass is 16.7. The first-order valence-electron chi connectivity index (χ1n) is 6.02. The van der Waals surface area contributed by atoms with E-state index in [4.69, 9.17) is 9.31 Å². The first kappa shape index (κ1) is 11.4. The summed E-state index contributed by atoms with van der Waals surface area (Å²) in [5.41, 5.74) is -0.438. The van der Waals surface area contributed by atoms with Gasteiger partial charge in [-0.3, -0.25) is 0 Å². The van der Waals surface area contributed by atoms with Crippen LogP contribution in [-0.4, -0.2) is 24.5 Å². The molecule has 0 radical (unpaired) electrons. The molecule has 0 amide bonds. The molecule has 1 aliphatic carbocycles. The Kier molecular flexibility index (Phi) is 2.86. The quantitative estimate of drug-likeness (QED) is 0.709. The minimum atomic E-state index is -0.224. The van der Waals surface area contributed by atoms with E-state index >= 15 is 0 Å². The smallest absolute Gasteiger partial charge is 0.389 e. The predicted molar refractivity (Wildman–Crippen MR) is 61.5 cm³/mol. The van der Waals surface area contributed by atoms with Gasteiger partial charge in [-0.15, -0.1) is 0 Å². The van der Waals surface area contributed by atoms with Crippen LogP contribution in [0.1, 0.15) is 53.4 Å². The van der Waals surface area contributed by atoms with Crippen LogP contribution >= 0.6 is 0 Å². The zero-order valence-corrected chi connectivity index (χ0v) is 10.3. The van der Waals surface area contributed by atoms with Crippen molar-refractivity contribution in [2.24, 2.45) is 0 Å². The molecule has 1 heterocycles. The number of hydrogen-bond acceptors (Lipinski definition) is 3. The summed E-state index contributed by atoms with van der Waals surface area (Å²) >= 11 is 0. The van der Waals surface area contributed by atoms with Crippen molar-refractivity contribution in [3.8, 4) is 0 Å². The third-order valence-electron chi connectivity index (χ3n) is 3.98. The lowest BCUT2D eigenvalue weighted by atomic mass is 9.90. The summed E-state index contributed by atoms with van der Waals surface area (Å²) in [6.07, 6.45) is 5.17. The van der Waals surface area contributed by atoms with Crippen LogP contribution in [0, 0.1) is 0 Å². The summed E-state index contributed by atoms with van der Waals surface area (Å²) in [6.45, 7) is 8.35. The Balaban J connectivity index is 1.91. The molecule has 0 unspecified atom stereocenters. The minimum absolute atomic E-state index is 0.219. The van der Waals surface area contributed by atoms with Crippen LogP contribution in [0.3, 0.4) is 0 Å². The van der Waals surface area contributed by atoms with E-state index in [1.165, 1.54) is 25.7 Å². The second-order valence-corrected chi connectivity index (χ2v) is 5.74. The molecule has 1 saturated carbocycles. The van der Waals surface area contributed by atoms with Crippen molar-refractivity contribution in [3.05, 3.63) is 0 Å². The molecular formula is C11H22BNO2. The summed E-state index contributed by atoms with van der Waals surface area (Å²) < 4.78 is 11.8. The Morgan fingerprint density at radius 3 is 1.93 bits per heavy atom. The topological polar surface area (TPSA) is 30.5 Å². The first-order chi connectivity index (χ1) is 6.91. The molecule has 0 spiro atoms. The Bertz CT molecular complexity index is 221. The molecule has 1 saturated heterocycles. The summed E-state index contributed by atoms with van der Waals surface area (Å²) in [7, 11) is -0.224. The lowest BCUT2D eigenvalue weighted by Gasteiger charge is -2.32. The van der Waals surface area contributed by atoms with E-state index in [-0.39, 0.29) is 18.5 Å². The third kappa shape index (κ3) is 2.22. The van der Waals surface area contributed by atoms with Crippen LogP contribution in [0.15, 0.2) is 0 Å². The molecule has 0 aromatic heterocycles. The maximum atomic E-state index is 5.89. The maximum Gasteiger partial charge on any atom is 0.555 e. The standard InChI is InChI=1S/C11H22BNO2/c1-10(2)11(3,4)15-12(14-10)13-9-7-5-6-8-9/h9,13H,5-8H2,1-4H3. The fraction of sp³-hybridized carbons (Fsp3) is 1.00. The van der Waals surface area contributed by atoms with E-state index in [1.807, 2.05) is 0 Å². The van der Waals surface area contributed by atoms with Gasteiger partial charge in [-0.25, -0.2) is 0 Å². The molecule has 2 rings (SSSR count). The Morgan fingerprint density at radius 1 is 1.00 bits per heavy atom. The molecule has 0 bridgehead atoms. The zero-order valence-electron chi connectivity index (χ0n) is 10.3. The van der Waals surface area contributed by atoms with Crippen molar-refractivity contribution in [2.45, 2.75) is 70.6 Å². The molecule has 0 atom stereocenters. The fourth-order valence-corrected chi connectivity index (χ4v) is 2.20. The highest BCUT2D eigenvalue weighted by molar-refractivity contribution is 6.42. The highest BCUT2D eigenvalue weighted by Crippen LogP contribution is 2.36. The monoisotopic (exact) mass is 211 g/mol. The molecule has 0 aromatic carbocycles. The van der Waals surface area contributed by atoms with E-state index in [2.05, 4.69) is 32.9 Å². The Hall–Kier alpha value is -0.0551. The van der Waals surface area contributed by atoms with Gasteiger partial charge in [0.2, 0.25) is 0 Å². The first-order valence-corrected chi connectivity index (χ1v) is 6.02. The van der Waals surface area contributed by atoms with Gasteiger partial charge in [-0.1, -0.05) is 12.8 Å². The number of rotatable bonds is 2. The van der Waals surface area contributed by atoms with E-state index in [9.17, 15) is 0 Å². The van der Waals surface area contributed by atoms with E-state index in [1.54, 1.807) is 0 Å². The van der Waals surface area contributed by atoms with Gasteiger partial charge in [0.15, 0.2) is 0 Å². The predicted octanol–water partition coefficient (Wildman–Crippen LogP) is 2.11. The fourth-order valence-electron chi connectivity index (χ4n) is 2.20. The Morgan fingerprint density at radius 2 is 1.47 bits per heavy atom. The summed E-state index contributed by atoms with van der Waals surface area (Å²) in [5, 5.41) is 3.44. The van der Waals surface area contributed by atoms with Gasteiger partial charge in [0.1, 0.15) is 0 Å². The van der Waals surface area contributed by atoms with Crippen LogP contribution in [0.5, 0.6) is 0 Å². The second kappa shape index (κ2) is 3.76. The van der Waals surface area contributed by atoms with Gasteiger partial charge >= 0.3 is 7.25 Å². The summed E-state index contributed by atoms with van der Waals surface area (Å²) in [6, 6.07) is 0.583. The lowest BCUT2D eigenvalue weighted by molar-refractivity contribution is 0.00578. The van der Waals surface area contributed by atoms with Crippen LogP contribution in [0.25, 0.3) is 0 Å². The molecule has 15 heavy (non-hydrogen) atoms. The largest absolute Gasteiger partial charge is 0.555 e. The Labute approximate surface area is 93.1 Å². The molecule has 0 aromatic rings. The molecule has 3 nitrogen and oxygen atoms in total. The van der Waals surface area contributed by atoms with Gasteiger partial charge in [-0.2, -0.15) is 0 Å². The molecule has 4 heteroatoms. The third-order valence-corrected chi connectivity index (χ3v) is 3.98. The zero-order chi connectivity index (χ0) is 11.1. The maximum absolute atomic E-state index is 5.89. The molecule has 1 N–H and O–H groups in total. The molecule has 1 aliphatic heterocycles. The number of nitrogens with one attached hydrogen (secondary N) is 1. The van der Waals surface area contributed by atoms with Crippen molar-refractivity contribution >= 4 is 7.25 Å². The lowest BCUT2D eigenvalue weighted by Crippen LogP contribution is -2.43. The van der Waals surface area contributed by atoms with E-state index in [0.717, 1.165) is 0 Å². The highest BCUT2D eigenvalue weighted by Gasteiger charge is 2.52. The molecule has 2 fully saturated rings. The normalized spacial score (nSPS) is 30.0. The average molecular weight is 211 g/mol. The second-order valence-electron chi connectivity index (χ2n) is 5.74. The number of hydrogen-bond donors (Lipinski definition) is 1. The van der Waals surface area contributed by atoms with E-state index < -0.39 is 0 Å². The van der Waals surface area contributed by atoms with Gasteiger partial charge in [-0.05, 0) is 40.5 Å². The van der Waals surface area contributed by atoms with Crippen LogP contribution in [0.4, 0.5) is 0 Å². The molecule has 2 aliphatic rings. The van der Waals surface area contributed by atoms with Gasteiger partial charge in [0, 0.05) is 6.04 Å². The van der Waals surface area contributed by atoms with Gasteiger partial charge < -0.3 is 14.5 Å². The minimum Gasteiger partial charge on any atom is -0.389 e. The van der Waals surface area contributed by atoms with Crippen molar-refractivity contribution in [2.75, 3.05) is 0 Å². The average Bonchev–Trinajstić information content (AvgIpc) is 2.59.